The Hall–Kier alpha value is -0.820. The molecule has 13 heavy (non-hydrogen) atoms. The Morgan fingerprint density at radius 1 is 1.23 bits per heavy atom. The van der Waals surface area contributed by atoms with Crippen LogP contribution in [-0.2, 0) is 4.74 Å². The van der Waals surface area contributed by atoms with Crippen molar-refractivity contribution in [2.75, 3.05) is 6.61 Å². The molecule has 0 saturated carbocycles. The van der Waals surface area contributed by atoms with Gasteiger partial charge >= 0.3 is 0 Å². The average molecular weight is 178 g/mol. The molecule has 72 valence electrons. The van der Waals surface area contributed by atoms with Crippen LogP contribution in [0.15, 0.2) is 24.3 Å². The smallest absolute Gasteiger partial charge is 0.0807 e. The van der Waals surface area contributed by atoms with Gasteiger partial charge in [-0.3, -0.25) is 0 Å². The summed E-state index contributed by atoms with van der Waals surface area (Å²) in [7, 11) is 0. The fraction of sp³-hybridized carbons (Fsp3) is 0.500. The first kappa shape index (κ1) is 10.3. The first-order chi connectivity index (χ1) is 6.24. The molecule has 1 aliphatic heterocycles. The van der Waals surface area contributed by atoms with Crippen LogP contribution in [0, 0.1) is 13.8 Å². The summed E-state index contributed by atoms with van der Waals surface area (Å²) in [6.07, 6.45) is 1.83. The van der Waals surface area contributed by atoms with Crippen molar-refractivity contribution in [3.05, 3.63) is 35.4 Å². The highest BCUT2D eigenvalue weighted by molar-refractivity contribution is 5.23. The molecule has 2 rings (SSSR count). The van der Waals surface area contributed by atoms with E-state index in [1.807, 2.05) is 0 Å². The summed E-state index contributed by atoms with van der Waals surface area (Å²) in [5, 5.41) is 0. The van der Waals surface area contributed by atoms with E-state index in [0.717, 1.165) is 6.61 Å². The molecule has 0 unspecified atom stereocenters. The lowest BCUT2D eigenvalue weighted by molar-refractivity contribution is 0.403. The third kappa shape index (κ3) is 4.09. The second-order valence-electron chi connectivity index (χ2n) is 3.45. The maximum atomic E-state index is 4.86. The van der Waals surface area contributed by atoms with Crippen molar-refractivity contribution in [1.29, 1.82) is 0 Å². The highest BCUT2D eigenvalue weighted by atomic mass is 16.6. The molecule has 1 heteroatoms. The molecule has 0 bridgehead atoms. The lowest BCUT2D eigenvalue weighted by Gasteiger charge is -1.93. The standard InChI is InChI=1S/C8H10.C4H8O/c1-7-5-3-4-6-8(7)2;1-2-4-3-5-4/h3-6H,1-2H3;4H,2-3H2,1H3/t;4-/m.1/s1. The summed E-state index contributed by atoms with van der Waals surface area (Å²) >= 11 is 0. The first-order valence-corrected chi connectivity index (χ1v) is 4.88. The van der Waals surface area contributed by atoms with Gasteiger partial charge in [-0.05, 0) is 31.4 Å². The molecule has 1 saturated heterocycles. The lowest BCUT2D eigenvalue weighted by atomic mass is 10.1. The minimum absolute atomic E-state index is 0.634. The van der Waals surface area contributed by atoms with Gasteiger partial charge in [0, 0.05) is 0 Å². The van der Waals surface area contributed by atoms with Crippen molar-refractivity contribution in [3.63, 3.8) is 0 Å². The molecule has 0 aliphatic carbocycles. The average Bonchev–Trinajstić information content (AvgIpc) is 2.94. The molecule has 1 aromatic rings. The van der Waals surface area contributed by atoms with E-state index in [1.165, 1.54) is 17.5 Å². The predicted molar refractivity (Wildman–Crippen MR) is 55.9 cm³/mol. The van der Waals surface area contributed by atoms with Crippen LogP contribution in [0.2, 0.25) is 0 Å². The number of ether oxygens (including phenoxy) is 1. The van der Waals surface area contributed by atoms with Crippen LogP contribution in [0.1, 0.15) is 24.5 Å². The molecule has 1 heterocycles. The predicted octanol–water partition coefficient (Wildman–Crippen LogP) is 3.10. The quantitative estimate of drug-likeness (QED) is 0.602. The monoisotopic (exact) mass is 178 g/mol. The van der Waals surface area contributed by atoms with Gasteiger partial charge in [-0.15, -0.1) is 0 Å². The Kier molecular flexibility index (Phi) is 3.97. The molecule has 1 aliphatic rings. The first-order valence-electron chi connectivity index (χ1n) is 4.88. The van der Waals surface area contributed by atoms with Crippen LogP contribution in [0.5, 0.6) is 0 Å². The van der Waals surface area contributed by atoms with Crippen LogP contribution in [-0.4, -0.2) is 12.7 Å². The van der Waals surface area contributed by atoms with Crippen molar-refractivity contribution >= 4 is 0 Å². The maximum Gasteiger partial charge on any atom is 0.0807 e. The van der Waals surface area contributed by atoms with E-state index in [1.54, 1.807) is 0 Å². The Bertz CT molecular complexity index is 230. The molecule has 1 aromatic carbocycles. The number of epoxide rings is 1. The van der Waals surface area contributed by atoms with Gasteiger partial charge in [0.15, 0.2) is 0 Å². The van der Waals surface area contributed by atoms with Gasteiger partial charge < -0.3 is 4.74 Å². The van der Waals surface area contributed by atoms with Crippen LogP contribution < -0.4 is 0 Å². The van der Waals surface area contributed by atoms with Crippen LogP contribution in [0.25, 0.3) is 0 Å². The van der Waals surface area contributed by atoms with Crippen molar-refractivity contribution in [3.8, 4) is 0 Å². The van der Waals surface area contributed by atoms with Crippen molar-refractivity contribution in [2.45, 2.75) is 33.3 Å². The van der Waals surface area contributed by atoms with E-state index in [0.29, 0.717) is 6.10 Å². The molecule has 1 atom stereocenters. The molecule has 1 fully saturated rings. The summed E-state index contributed by atoms with van der Waals surface area (Å²) in [4.78, 5) is 0. The second kappa shape index (κ2) is 5.03. The van der Waals surface area contributed by atoms with Gasteiger partial charge in [0.25, 0.3) is 0 Å². The van der Waals surface area contributed by atoms with Gasteiger partial charge in [-0.1, -0.05) is 31.2 Å². The molecule has 1 nitrogen and oxygen atoms in total. The Morgan fingerprint density at radius 3 is 1.85 bits per heavy atom. The van der Waals surface area contributed by atoms with E-state index < -0.39 is 0 Å². The molecular weight excluding hydrogens is 160 g/mol. The molecule has 0 spiro atoms. The zero-order valence-electron chi connectivity index (χ0n) is 8.71. The number of hydrogen-bond donors (Lipinski definition) is 0. The fourth-order valence-electron chi connectivity index (χ4n) is 0.966. The number of aryl methyl sites for hydroxylation is 2. The van der Waals surface area contributed by atoms with E-state index in [2.05, 4.69) is 45.0 Å². The number of hydrogen-bond acceptors (Lipinski definition) is 1. The third-order valence-electron chi connectivity index (χ3n) is 2.28. The Labute approximate surface area is 80.7 Å². The molecule has 0 N–H and O–H groups in total. The van der Waals surface area contributed by atoms with Crippen molar-refractivity contribution in [2.24, 2.45) is 0 Å². The third-order valence-corrected chi connectivity index (χ3v) is 2.28. The zero-order valence-corrected chi connectivity index (χ0v) is 8.71. The topological polar surface area (TPSA) is 12.5 Å². The Morgan fingerprint density at radius 2 is 1.69 bits per heavy atom. The van der Waals surface area contributed by atoms with Crippen molar-refractivity contribution in [1.82, 2.24) is 0 Å². The highest BCUT2D eigenvalue weighted by Crippen LogP contribution is 2.10. The van der Waals surface area contributed by atoms with Gasteiger partial charge in [0.05, 0.1) is 12.7 Å². The van der Waals surface area contributed by atoms with Crippen LogP contribution in [0.4, 0.5) is 0 Å². The van der Waals surface area contributed by atoms with Gasteiger partial charge in [-0.25, -0.2) is 0 Å². The molecular formula is C12H18O. The van der Waals surface area contributed by atoms with Gasteiger partial charge in [0.2, 0.25) is 0 Å². The maximum absolute atomic E-state index is 4.86. The summed E-state index contributed by atoms with van der Waals surface area (Å²) in [6, 6.07) is 8.36. The van der Waals surface area contributed by atoms with E-state index >= 15 is 0 Å². The summed E-state index contributed by atoms with van der Waals surface area (Å²) in [5.74, 6) is 0. The fourth-order valence-corrected chi connectivity index (χ4v) is 0.966. The van der Waals surface area contributed by atoms with Gasteiger partial charge in [0.1, 0.15) is 0 Å². The van der Waals surface area contributed by atoms with Crippen LogP contribution >= 0.6 is 0 Å². The molecule has 0 radical (unpaired) electrons. The largest absolute Gasteiger partial charge is 0.373 e. The van der Waals surface area contributed by atoms with Gasteiger partial charge in [-0.2, -0.15) is 0 Å². The second-order valence-corrected chi connectivity index (χ2v) is 3.45. The van der Waals surface area contributed by atoms with E-state index in [4.69, 9.17) is 4.74 Å². The Balaban J connectivity index is 0.000000145. The van der Waals surface area contributed by atoms with E-state index in [9.17, 15) is 0 Å². The number of benzene rings is 1. The summed E-state index contributed by atoms with van der Waals surface area (Å²) in [5.41, 5.74) is 2.74. The minimum atomic E-state index is 0.634. The van der Waals surface area contributed by atoms with E-state index in [-0.39, 0.29) is 0 Å². The lowest BCUT2D eigenvalue weighted by Crippen LogP contribution is -1.74. The molecule has 0 aromatic heterocycles. The zero-order chi connectivity index (χ0) is 9.68. The van der Waals surface area contributed by atoms with Crippen molar-refractivity contribution < 1.29 is 4.74 Å². The summed E-state index contributed by atoms with van der Waals surface area (Å²) in [6.45, 7) is 7.39. The van der Waals surface area contributed by atoms with Crippen LogP contribution in [0.3, 0.4) is 0 Å². The SMILES string of the molecule is CC[C@@H]1CO1.Cc1ccccc1C. The molecule has 0 amide bonds. The normalized spacial score (nSPS) is 18.8. The minimum Gasteiger partial charge on any atom is -0.373 e. The highest BCUT2D eigenvalue weighted by Gasteiger charge is 2.18. The number of rotatable bonds is 1. The summed E-state index contributed by atoms with van der Waals surface area (Å²) < 4.78 is 4.86.